The van der Waals surface area contributed by atoms with Gasteiger partial charge in [-0.2, -0.15) is 0 Å². The van der Waals surface area contributed by atoms with Crippen LogP contribution < -0.4 is 10.1 Å². The predicted molar refractivity (Wildman–Crippen MR) is 91.7 cm³/mol. The first-order valence-electron chi connectivity index (χ1n) is 7.40. The van der Waals surface area contributed by atoms with Crippen LogP contribution in [-0.2, 0) is 6.61 Å². The van der Waals surface area contributed by atoms with Gasteiger partial charge in [0.2, 0.25) is 0 Å². The van der Waals surface area contributed by atoms with Gasteiger partial charge >= 0.3 is 0 Å². The Morgan fingerprint density at radius 2 is 1.32 bits per heavy atom. The average Bonchev–Trinajstić information content (AvgIpc) is 2.57. The Kier molecular flexibility index (Phi) is 4.40. The van der Waals surface area contributed by atoms with Crippen molar-refractivity contribution in [1.29, 1.82) is 0 Å². The fraction of sp³-hybridized carbons (Fsp3) is 0.100. The van der Waals surface area contributed by atoms with E-state index in [4.69, 9.17) is 4.74 Å². The van der Waals surface area contributed by atoms with E-state index in [1.807, 2.05) is 42.5 Å². The summed E-state index contributed by atoms with van der Waals surface area (Å²) >= 11 is 0. The van der Waals surface area contributed by atoms with Crippen molar-refractivity contribution in [3.63, 3.8) is 0 Å². The van der Waals surface area contributed by atoms with E-state index >= 15 is 0 Å². The zero-order valence-corrected chi connectivity index (χ0v) is 12.6. The van der Waals surface area contributed by atoms with Crippen LogP contribution in [0, 0.1) is 6.92 Å². The summed E-state index contributed by atoms with van der Waals surface area (Å²) in [6.07, 6.45) is 0. The number of anilines is 2. The average molecular weight is 289 g/mol. The van der Waals surface area contributed by atoms with E-state index in [0.717, 1.165) is 17.1 Å². The van der Waals surface area contributed by atoms with Crippen molar-refractivity contribution >= 4 is 11.4 Å². The number of hydrogen-bond acceptors (Lipinski definition) is 2. The van der Waals surface area contributed by atoms with Gasteiger partial charge in [-0.15, -0.1) is 0 Å². The predicted octanol–water partition coefficient (Wildman–Crippen LogP) is 5.32. The van der Waals surface area contributed by atoms with Crippen molar-refractivity contribution in [3.8, 4) is 5.75 Å². The van der Waals surface area contributed by atoms with Crippen molar-refractivity contribution < 1.29 is 4.74 Å². The summed E-state index contributed by atoms with van der Waals surface area (Å²) in [5.41, 5.74) is 4.57. The molecule has 3 rings (SSSR count). The van der Waals surface area contributed by atoms with E-state index in [0.29, 0.717) is 6.61 Å². The minimum absolute atomic E-state index is 0.589. The Morgan fingerprint density at radius 3 is 1.95 bits per heavy atom. The normalized spacial score (nSPS) is 10.2. The van der Waals surface area contributed by atoms with Gasteiger partial charge in [0.25, 0.3) is 0 Å². The molecule has 2 heteroatoms. The molecule has 0 radical (unpaired) electrons. The second-order valence-electron chi connectivity index (χ2n) is 5.29. The van der Waals surface area contributed by atoms with Crippen LogP contribution in [-0.4, -0.2) is 0 Å². The molecule has 0 atom stereocenters. The molecule has 0 aliphatic carbocycles. The molecule has 2 nitrogen and oxygen atoms in total. The van der Waals surface area contributed by atoms with Gasteiger partial charge in [-0.1, -0.05) is 48.0 Å². The van der Waals surface area contributed by atoms with Crippen LogP contribution in [0.5, 0.6) is 5.75 Å². The highest BCUT2D eigenvalue weighted by Crippen LogP contribution is 2.21. The molecule has 3 aromatic carbocycles. The molecule has 0 bridgehead atoms. The summed E-state index contributed by atoms with van der Waals surface area (Å²) in [5.74, 6) is 0.873. The van der Waals surface area contributed by atoms with Crippen molar-refractivity contribution in [1.82, 2.24) is 0 Å². The van der Waals surface area contributed by atoms with E-state index in [1.54, 1.807) is 0 Å². The maximum absolute atomic E-state index is 5.79. The van der Waals surface area contributed by atoms with Gasteiger partial charge < -0.3 is 10.1 Å². The molecule has 0 saturated heterocycles. The number of ether oxygens (including phenoxy) is 1. The lowest BCUT2D eigenvalue weighted by molar-refractivity contribution is 0.306. The first-order valence-corrected chi connectivity index (χ1v) is 7.40. The summed E-state index contributed by atoms with van der Waals surface area (Å²) in [5, 5.41) is 3.38. The molecule has 0 fully saturated rings. The second kappa shape index (κ2) is 6.81. The summed E-state index contributed by atoms with van der Waals surface area (Å²) in [6.45, 7) is 2.67. The molecule has 0 aliphatic heterocycles. The van der Waals surface area contributed by atoms with Gasteiger partial charge in [0.15, 0.2) is 0 Å². The quantitative estimate of drug-likeness (QED) is 0.686. The third-order valence-corrected chi connectivity index (χ3v) is 3.44. The van der Waals surface area contributed by atoms with Gasteiger partial charge in [0, 0.05) is 11.4 Å². The molecule has 0 unspecified atom stereocenters. The van der Waals surface area contributed by atoms with Crippen LogP contribution in [0.4, 0.5) is 11.4 Å². The van der Waals surface area contributed by atoms with E-state index in [9.17, 15) is 0 Å². The zero-order valence-electron chi connectivity index (χ0n) is 12.6. The number of nitrogens with one attached hydrogen (secondary N) is 1. The molecular formula is C20H19NO. The topological polar surface area (TPSA) is 21.3 Å². The number of rotatable bonds is 5. The molecule has 0 aliphatic rings. The molecular weight excluding hydrogens is 270 g/mol. The van der Waals surface area contributed by atoms with Crippen molar-refractivity contribution in [3.05, 3.63) is 90.0 Å². The van der Waals surface area contributed by atoms with Gasteiger partial charge in [0.1, 0.15) is 12.4 Å². The summed E-state index contributed by atoms with van der Waals surface area (Å²) in [4.78, 5) is 0. The summed E-state index contributed by atoms with van der Waals surface area (Å²) in [6, 6.07) is 26.6. The monoisotopic (exact) mass is 289 g/mol. The van der Waals surface area contributed by atoms with Crippen molar-refractivity contribution in [2.24, 2.45) is 0 Å². The van der Waals surface area contributed by atoms with Crippen LogP contribution in [0.1, 0.15) is 11.1 Å². The van der Waals surface area contributed by atoms with E-state index in [-0.39, 0.29) is 0 Å². The fourth-order valence-electron chi connectivity index (χ4n) is 2.18. The van der Waals surface area contributed by atoms with E-state index < -0.39 is 0 Å². The molecule has 1 N–H and O–H groups in total. The standard InChI is InChI=1S/C20H19NO/c1-16-7-9-18(10-8-16)21-19-11-13-20(14-12-19)22-15-17-5-3-2-4-6-17/h2-14,21H,15H2,1H3. The Labute approximate surface area is 131 Å². The van der Waals surface area contributed by atoms with Crippen LogP contribution in [0.3, 0.4) is 0 Å². The number of aryl methyl sites for hydroxylation is 1. The fourth-order valence-corrected chi connectivity index (χ4v) is 2.18. The first kappa shape index (κ1) is 14.2. The van der Waals surface area contributed by atoms with Gasteiger partial charge in [-0.05, 0) is 48.9 Å². The summed E-state index contributed by atoms with van der Waals surface area (Å²) < 4.78 is 5.79. The van der Waals surface area contributed by atoms with Crippen LogP contribution in [0.15, 0.2) is 78.9 Å². The maximum Gasteiger partial charge on any atom is 0.119 e. The highest BCUT2D eigenvalue weighted by Gasteiger charge is 1.98. The van der Waals surface area contributed by atoms with Crippen LogP contribution in [0.2, 0.25) is 0 Å². The lowest BCUT2D eigenvalue weighted by Gasteiger charge is -2.09. The molecule has 0 aromatic heterocycles. The van der Waals surface area contributed by atoms with Crippen molar-refractivity contribution in [2.75, 3.05) is 5.32 Å². The Bertz CT molecular complexity index is 703. The zero-order chi connectivity index (χ0) is 15.2. The SMILES string of the molecule is Cc1ccc(Nc2ccc(OCc3ccccc3)cc2)cc1. The maximum atomic E-state index is 5.79. The molecule has 0 saturated carbocycles. The smallest absolute Gasteiger partial charge is 0.119 e. The first-order chi connectivity index (χ1) is 10.8. The lowest BCUT2D eigenvalue weighted by Crippen LogP contribution is -1.95. The Hall–Kier alpha value is -2.74. The third-order valence-electron chi connectivity index (χ3n) is 3.44. The Balaban J connectivity index is 1.59. The van der Waals surface area contributed by atoms with Crippen molar-refractivity contribution in [2.45, 2.75) is 13.5 Å². The molecule has 22 heavy (non-hydrogen) atoms. The molecule has 3 aromatic rings. The molecule has 0 heterocycles. The third kappa shape index (κ3) is 3.89. The number of benzene rings is 3. The highest BCUT2D eigenvalue weighted by molar-refractivity contribution is 5.60. The van der Waals surface area contributed by atoms with Gasteiger partial charge in [0.05, 0.1) is 0 Å². The molecule has 0 spiro atoms. The minimum atomic E-state index is 0.589. The van der Waals surface area contributed by atoms with Crippen LogP contribution in [0.25, 0.3) is 0 Å². The largest absolute Gasteiger partial charge is 0.489 e. The second-order valence-corrected chi connectivity index (χ2v) is 5.29. The van der Waals surface area contributed by atoms with Gasteiger partial charge in [-0.25, -0.2) is 0 Å². The number of hydrogen-bond donors (Lipinski definition) is 1. The van der Waals surface area contributed by atoms with E-state index in [1.165, 1.54) is 11.1 Å². The molecule has 110 valence electrons. The highest BCUT2D eigenvalue weighted by atomic mass is 16.5. The molecule has 0 amide bonds. The van der Waals surface area contributed by atoms with Gasteiger partial charge in [-0.3, -0.25) is 0 Å². The van der Waals surface area contributed by atoms with Crippen LogP contribution >= 0.6 is 0 Å². The van der Waals surface area contributed by atoms with E-state index in [2.05, 4.69) is 48.6 Å². The Morgan fingerprint density at radius 1 is 0.727 bits per heavy atom. The summed E-state index contributed by atoms with van der Waals surface area (Å²) in [7, 11) is 0. The lowest BCUT2D eigenvalue weighted by atomic mass is 10.2. The minimum Gasteiger partial charge on any atom is -0.489 e.